The SMILES string of the molecule is C=CCOc1ccc(/C(O)=C2/C(=O)C(=O)N(CC=C)C2c2ccccc2F)cc1. The number of halogens is 1. The molecule has 0 spiro atoms. The van der Waals surface area contributed by atoms with Gasteiger partial charge in [0.15, 0.2) is 0 Å². The number of nitrogens with zero attached hydrogens (tertiary/aromatic N) is 1. The summed E-state index contributed by atoms with van der Waals surface area (Å²) in [5, 5.41) is 10.9. The van der Waals surface area contributed by atoms with Crippen molar-refractivity contribution < 1.29 is 23.8 Å². The molecule has 0 radical (unpaired) electrons. The second-order valence-corrected chi connectivity index (χ2v) is 6.39. The van der Waals surface area contributed by atoms with Crippen LogP contribution in [0.5, 0.6) is 5.75 Å². The molecule has 2 aromatic carbocycles. The number of aliphatic hydroxyl groups is 1. The van der Waals surface area contributed by atoms with Crippen molar-refractivity contribution >= 4 is 17.4 Å². The summed E-state index contributed by atoms with van der Waals surface area (Å²) in [6.45, 7) is 7.53. The van der Waals surface area contributed by atoms with E-state index in [1.807, 2.05) is 0 Å². The maximum atomic E-state index is 14.5. The van der Waals surface area contributed by atoms with Gasteiger partial charge in [0, 0.05) is 17.7 Å². The standard InChI is InChI=1S/C23H20FNO4/c1-3-13-25-20(17-7-5-6-8-18(17)24)19(22(27)23(25)28)21(26)15-9-11-16(12-10-15)29-14-4-2/h3-12,20,26H,1-2,13-14H2/b21-19-. The van der Waals surface area contributed by atoms with E-state index >= 15 is 0 Å². The predicted octanol–water partition coefficient (Wildman–Crippen LogP) is 4.00. The van der Waals surface area contributed by atoms with E-state index in [0.717, 1.165) is 0 Å². The second-order valence-electron chi connectivity index (χ2n) is 6.39. The van der Waals surface area contributed by atoms with Gasteiger partial charge in [-0.15, -0.1) is 6.58 Å². The molecule has 0 aliphatic carbocycles. The molecule has 1 N–H and O–H groups in total. The number of Topliss-reactive ketones (excluding diaryl/α,β-unsaturated/α-hetero) is 1. The molecule has 1 amide bonds. The molecule has 3 rings (SSSR count). The molecule has 1 fully saturated rings. The summed E-state index contributed by atoms with van der Waals surface area (Å²) in [5.74, 6) is -2.08. The molecule has 0 aromatic heterocycles. The van der Waals surface area contributed by atoms with Crippen LogP contribution in [0.15, 0.2) is 79.4 Å². The van der Waals surface area contributed by atoms with Gasteiger partial charge in [0.05, 0.1) is 11.6 Å². The Kier molecular flexibility index (Phi) is 5.93. The maximum absolute atomic E-state index is 14.5. The zero-order valence-corrected chi connectivity index (χ0v) is 15.7. The quantitative estimate of drug-likeness (QED) is 0.334. The van der Waals surface area contributed by atoms with Crippen molar-refractivity contribution in [2.24, 2.45) is 0 Å². The molecule has 6 heteroatoms. The van der Waals surface area contributed by atoms with Gasteiger partial charge < -0.3 is 14.7 Å². The summed E-state index contributed by atoms with van der Waals surface area (Å²) in [6.07, 6.45) is 3.05. The normalized spacial score (nSPS) is 18.0. The molecule has 148 valence electrons. The molecule has 1 aliphatic heterocycles. The van der Waals surface area contributed by atoms with Crippen LogP contribution in [0.1, 0.15) is 17.2 Å². The van der Waals surface area contributed by atoms with Crippen LogP contribution in [0, 0.1) is 5.82 Å². The van der Waals surface area contributed by atoms with Gasteiger partial charge >= 0.3 is 0 Å². The summed E-state index contributed by atoms with van der Waals surface area (Å²) in [7, 11) is 0. The number of rotatable bonds is 7. The highest BCUT2D eigenvalue weighted by Gasteiger charge is 2.46. The van der Waals surface area contributed by atoms with Crippen molar-refractivity contribution in [1.82, 2.24) is 4.90 Å². The van der Waals surface area contributed by atoms with Crippen molar-refractivity contribution in [2.75, 3.05) is 13.2 Å². The molecule has 2 aromatic rings. The summed E-state index contributed by atoms with van der Waals surface area (Å²) in [5.41, 5.74) is 0.275. The van der Waals surface area contributed by atoms with Gasteiger partial charge in [-0.2, -0.15) is 0 Å². The smallest absolute Gasteiger partial charge is 0.295 e. The minimum Gasteiger partial charge on any atom is -0.507 e. The van der Waals surface area contributed by atoms with Crippen LogP contribution in [0.25, 0.3) is 5.76 Å². The number of carbonyl (C=O) groups is 2. The fourth-order valence-electron chi connectivity index (χ4n) is 3.25. The Labute approximate surface area is 168 Å². The van der Waals surface area contributed by atoms with Crippen molar-refractivity contribution in [2.45, 2.75) is 6.04 Å². The van der Waals surface area contributed by atoms with Gasteiger partial charge in [-0.1, -0.05) is 36.9 Å². The van der Waals surface area contributed by atoms with Gasteiger partial charge in [0.2, 0.25) is 0 Å². The molecular formula is C23H20FNO4. The Balaban J connectivity index is 2.11. The molecule has 1 heterocycles. The number of aliphatic hydroxyl groups excluding tert-OH is 1. The molecule has 5 nitrogen and oxygen atoms in total. The lowest BCUT2D eigenvalue weighted by Gasteiger charge is -2.24. The van der Waals surface area contributed by atoms with E-state index in [-0.39, 0.29) is 23.4 Å². The van der Waals surface area contributed by atoms with Crippen molar-refractivity contribution in [1.29, 1.82) is 0 Å². The van der Waals surface area contributed by atoms with Gasteiger partial charge in [0.25, 0.3) is 11.7 Å². The number of benzene rings is 2. The lowest BCUT2D eigenvalue weighted by molar-refractivity contribution is -0.139. The lowest BCUT2D eigenvalue weighted by atomic mass is 9.95. The Morgan fingerprint density at radius 1 is 1.10 bits per heavy atom. The third-order valence-corrected chi connectivity index (χ3v) is 4.56. The number of carbonyl (C=O) groups excluding carboxylic acids is 2. The van der Waals surface area contributed by atoms with Crippen molar-refractivity contribution in [3.8, 4) is 5.75 Å². The molecule has 29 heavy (non-hydrogen) atoms. The molecular weight excluding hydrogens is 373 g/mol. The topological polar surface area (TPSA) is 66.8 Å². The first-order valence-corrected chi connectivity index (χ1v) is 8.97. The third-order valence-electron chi connectivity index (χ3n) is 4.56. The van der Waals surface area contributed by atoms with Crippen LogP contribution in [0.4, 0.5) is 4.39 Å². The van der Waals surface area contributed by atoms with Crippen LogP contribution >= 0.6 is 0 Å². The zero-order chi connectivity index (χ0) is 21.0. The minimum atomic E-state index is -1.05. The molecule has 1 saturated heterocycles. The Hall–Kier alpha value is -3.67. The molecule has 1 aliphatic rings. The molecule has 1 atom stereocenters. The third kappa shape index (κ3) is 3.82. The first-order valence-electron chi connectivity index (χ1n) is 8.97. The van der Waals surface area contributed by atoms with Crippen LogP contribution in [-0.4, -0.2) is 34.8 Å². The second kappa shape index (κ2) is 8.56. The minimum absolute atomic E-state index is 0.0364. The van der Waals surface area contributed by atoms with Gasteiger partial charge in [-0.25, -0.2) is 4.39 Å². The number of hydrogen-bond acceptors (Lipinski definition) is 4. The van der Waals surface area contributed by atoms with E-state index in [0.29, 0.717) is 17.9 Å². The van der Waals surface area contributed by atoms with E-state index < -0.39 is 23.5 Å². The number of ketones is 1. The number of likely N-dealkylation sites (tertiary alicyclic amines) is 1. The highest BCUT2D eigenvalue weighted by molar-refractivity contribution is 6.46. The van der Waals surface area contributed by atoms with Gasteiger partial charge in [-0.3, -0.25) is 9.59 Å². The average Bonchev–Trinajstić information content (AvgIpc) is 2.97. The van der Waals surface area contributed by atoms with Crippen LogP contribution in [-0.2, 0) is 9.59 Å². The zero-order valence-electron chi connectivity index (χ0n) is 15.7. The summed E-state index contributed by atoms with van der Waals surface area (Å²) < 4.78 is 19.9. The van der Waals surface area contributed by atoms with Crippen molar-refractivity contribution in [3.63, 3.8) is 0 Å². The molecule has 0 bridgehead atoms. The van der Waals surface area contributed by atoms with Gasteiger partial charge in [-0.05, 0) is 30.3 Å². The average molecular weight is 393 g/mol. The Morgan fingerprint density at radius 2 is 1.79 bits per heavy atom. The fraction of sp³-hybridized carbons (Fsp3) is 0.130. The molecule has 1 unspecified atom stereocenters. The first kappa shape index (κ1) is 20.1. The monoisotopic (exact) mass is 393 g/mol. The summed E-state index contributed by atoms with van der Waals surface area (Å²) in [4.78, 5) is 26.4. The van der Waals surface area contributed by atoms with Crippen LogP contribution in [0.3, 0.4) is 0 Å². The van der Waals surface area contributed by atoms with E-state index in [4.69, 9.17) is 4.74 Å². The van der Waals surface area contributed by atoms with E-state index in [1.165, 1.54) is 29.2 Å². The van der Waals surface area contributed by atoms with Crippen LogP contribution < -0.4 is 4.74 Å². The first-order chi connectivity index (χ1) is 14.0. The number of ether oxygens (including phenoxy) is 1. The summed E-state index contributed by atoms with van der Waals surface area (Å²) >= 11 is 0. The van der Waals surface area contributed by atoms with E-state index in [9.17, 15) is 19.1 Å². The maximum Gasteiger partial charge on any atom is 0.295 e. The number of amides is 1. The number of hydrogen-bond donors (Lipinski definition) is 1. The van der Waals surface area contributed by atoms with Gasteiger partial charge in [0.1, 0.15) is 23.9 Å². The summed E-state index contributed by atoms with van der Waals surface area (Å²) in [6, 6.07) is 11.2. The van der Waals surface area contributed by atoms with E-state index in [2.05, 4.69) is 13.2 Å². The van der Waals surface area contributed by atoms with Crippen molar-refractivity contribution in [3.05, 3.63) is 96.4 Å². The highest BCUT2D eigenvalue weighted by atomic mass is 19.1. The fourth-order valence-corrected chi connectivity index (χ4v) is 3.25. The molecule has 0 saturated carbocycles. The highest BCUT2D eigenvalue weighted by Crippen LogP contribution is 2.40. The van der Waals surface area contributed by atoms with E-state index in [1.54, 1.807) is 36.4 Å². The Morgan fingerprint density at radius 3 is 2.41 bits per heavy atom. The predicted molar refractivity (Wildman–Crippen MR) is 108 cm³/mol. The Bertz CT molecular complexity index is 994. The lowest BCUT2D eigenvalue weighted by Crippen LogP contribution is -2.30. The largest absolute Gasteiger partial charge is 0.507 e. The van der Waals surface area contributed by atoms with Crippen LogP contribution in [0.2, 0.25) is 0 Å².